The summed E-state index contributed by atoms with van der Waals surface area (Å²) in [4.78, 5) is 2.51. The number of aromatic nitrogens is 2. The Hall–Kier alpha value is -0.870. The molecule has 0 spiro atoms. The first kappa shape index (κ1) is 12.6. The highest BCUT2D eigenvalue weighted by atomic mass is 15.3. The van der Waals surface area contributed by atoms with E-state index in [0.29, 0.717) is 0 Å². The van der Waals surface area contributed by atoms with E-state index in [0.717, 1.165) is 19.0 Å². The summed E-state index contributed by atoms with van der Waals surface area (Å²) in [7, 11) is 1.98. The zero-order chi connectivity index (χ0) is 12.1. The summed E-state index contributed by atoms with van der Waals surface area (Å²) in [6.45, 7) is 7.98. The summed E-state index contributed by atoms with van der Waals surface area (Å²) in [5.74, 6) is 0.824. The molecule has 0 aromatic carbocycles. The Morgan fingerprint density at radius 2 is 2.41 bits per heavy atom. The van der Waals surface area contributed by atoms with Crippen molar-refractivity contribution in [3.63, 3.8) is 0 Å². The van der Waals surface area contributed by atoms with Gasteiger partial charge in [0, 0.05) is 26.3 Å². The highest BCUT2D eigenvalue weighted by molar-refractivity contribution is 4.99. The second-order valence-electron chi connectivity index (χ2n) is 5.07. The van der Waals surface area contributed by atoms with Crippen LogP contribution in [0.15, 0.2) is 12.3 Å². The fourth-order valence-electron chi connectivity index (χ4n) is 2.48. The van der Waals surface area contributed by atoms with Gasteiger partial charge in [-0.05, 0) is 44.5 Å². The number of aryl methyl sites for hydroxylation is 1. The molecule has 2 heterocycles. The second kappa shape index (κ2) is 6.17. The smallest absolute Gasteiger partial charge is 0.0764 e. The van der Waals surface area contributed by atoms with Crippen molar-refractivity contribution in [3.8, 4) is 0 Å². The minimum atomic E-state index is 0.824. The maximum atomic E-state index is 4.43. The maximum absolute atomic E-state index is 4.43. The van der Waals surface area contributed by atoms with Gasteiger partial charge in [0.2, 0.25) is 0 Å². The molecule has 0 aliphatic carbocycles. The lowest BCUT2D eigenvalue weighted by atomic mass is 10.1. The van der Waals surface area contributed by atoms with Gasteiger partial charge >= 0.3 is 0 Å². The molecular formula is C13H24N4. The third-order valence-electron chi connectivity index (χ3n) is 3.38. The zero-order valence-corrected chi connectivity index (χ0v) is 11.0. The van der Waals surface area contributed by atoms with E-state index >= 15 is 0 Å². The highest BCUT2D eigenvalue weighted by Crippen LogP contribution is 2.17. The fourth-order valence-corrected chi connectivity index (χ4v) is 2.48. The van der Waals surface area contributed by atoms with Crippen LogP contribution in [0.5, 0.6) is 0 Å². The predicted octanol–water partition coefficient (Wildman–Crippen LogP) is 1.24. The maximum Gasteiger partial charge on any atom is 0.0764 e. The zero-order valence-electron chi connectivity index (χ0n) is 11.0. The van der Waals surface area contributed by atoms with Gasteiger partial charge in [-0.2, -0.15) is 5.10 Å². The van der Waals surface area contributed by atoms with E-state index in [1.54, 1.807) is 0 Å². The van der Waals surface area contributed by atoms with Gasteiger partial charge in [-0.1, -0.05) is 6.92 Å². The van der Waals surface area contributed by atoms with Crippen LogP contribution in [-0.4, -0.2) is 40.9 Å². The average Bonchev–Trinajstić information content (AvgIpc) is 2.90. The molecule has 1 aliphatic heterocycles. The van der Waals surface area contributed by atoms with Crippen molar-refractivity contribution in [1.82, 2.24) is 20.0 Å². The van der Waals surface area contributed by atoms with E-state index in [-0.39, 0.29) is 0 Å². The van der Waals surface area contributed by atoms with Crippen molar-refractivity contribution in [2.75, 3.05) is 26.2 Å². The van der Waals surface area contributed by atoms with Crippen LogP contribution in [0.4, 0.5) is 0 Å². The quantitative estimate of drug-likeness (QED) is 0.755. The Labute approximate surface area is 104 Å². The van der Waals surface area contributed by atoms with Crippen molar-refractivity contribution in [2.24, 2.45) is 13.0 Å². The summed E-state index contributed by atoms with van der Waals surface area (Å²) in [5.41, 5.74) is 1.19. The molecule has 1 saturated heterocycles. The predicted molar refractivity (Wildman–Crippen MR) is 69.8 cm³/mol. The number of hydrogen-bond donors (Lipinski definition) is 1. The van der Waals surface area contributed by atoms with Crippen LogP contribution < -0.4 is 5.32 Å². The first-order chi connectivity index (χ1) is 8.28. The molecule has 0 bridgehead atoms. The standard InChI is InChI=1S/C13H24N4/c1-3-6-14-9-12-4-8-17(10-12)11-13-5-7-16(2)15-13/h5,7,12,14H,3-4,6,8-11H2,1-2H3. The second-order valence-corrected chi connectivity index (χ2v) is 5.07. The van der Waals surface area contributed by atoms with Crippen molar-refractivity contribution >= 4 is 0 Å². The summed E-state index contributed by atoms with van der Waals surface area (Å²) >= 11 is 0. The molecule has 96 valence electrons. The van der Waals surface area contributed by atoms with E-state index in [9.17, 15) is 0 Å². The number of nitrogens with zero attached hydrogens (tertiary/aromatic N) is 3. The number of rotatable bonds is 6. The third-order valence-corrected chi connectivity index (χ3v) is 3.38. The molecule has 4 heteroatoms. The molecule has 17 heavy (non-hydrogen) atoms. The summed E-state index contributed by atoms with van der Waals surface area (Å²) in [5, 5.41) is 7.95. The molecule has 4 nitrogen and oxygen atoms in total. The minimum Gasteiger partial charge on any atom is -0.316 e. The van der Waals surface area contributed by atoms with E-state index < -0.39 is 0 Å². The van der Waals surface area contributed by atoms with E-state index in [1.165, 1.54) is 38.2 Å². The molecule has 1 atom stereocenters. The normalized spacial score (nSPS) is 21.2. The molecule has 1 N–H and O–H groups in total. The Bertz CT molecular complexity index is 334. The topological polar surface area (TPSA) is 33.1 Å². The van der Waals surface area contributed by atoms with Crippen LogP contribution in [0.2, 0.25) is 0 Å². The largest absolute Gasteiger partial charge is 0.316 e. The van der Waals surface area contributed by atoms with Crippen LogP contribution in [0.1, 0.15) is 25.5 Å². The van der Waals surface area contributed by atoms with Crippen LogP contribution in [0.25, 0.3) is 0 Å². The van der Waals surface area contributed by atoms with Crippen molar-refractivity contribution in [3.05, 3.63) is 18.0 Å². The van der Waals surface area contributed by atoms with Crippen LogP contribution >= 0.6 is 0 Å². The van der Waals surface area contributed by atoms with E-state index in [4.69, 9.17) is 0 Å². The van der Waals surface area contributed by atoms with Crippen molar-refractivity contribution in [2.45, 2.75) is 26.3 Å². The van der Waals surface area contributed by atoms with E-state index in [1.807, 2.05) is 17.9 Å². The Morgan fingerprint density at radius 1 is 1.53 bits per heavy atom. The number of hydrogen-bond acceptors (Lipinski definition) is 3. The van der Waals surface area contributed by atoms with Gasteiger partial charge in [-0.25, -0.2) is 0 Å². The molecule has 1 aliphatic rings. The molecule has 1 aromatic rings. The van der Waals surface area contributed by atoms with Crippen LogP contribution in [0.3, 0.4) is 0 Å². The molecular weight excluding hydrogens is 212 g/mol. The lowest BCUT2D eigenvalue weighted by molar-refractivity contribution is 0.309. The van der Waals surface area contributed by atoms with Crippen molar-refractivity contribution < 1.29 is 0 Å². The molecule has 1 unspecified atom stereocenters. The summed E-state index contributed by atoms with van der Waals surface area (Å²) in [6.07, 6.45) is 4.57. The molecule has 2 rings (SSSR count). The van der Waals surface area contributed by atoms with Gasteiger partial charge in [0.15, 0.2) is 0 Å². The van der Waals surface area contributed by atoms with Gasteiger partial charge < -0.3 is 5.32 Å². The fraction of sp³-hybridized carbons (Fsp3) is 0.769. The highest BCUT2D eigenvalue weighted by Gasteiger charge is 2.22. The molecule has 0 radical (unpaired) electrons. The minimum absolute atomic E-state index is 0.824. The average molecular weight is 236 g/mol. The Balaban J connectivity index is 1.70. The third kappa shape index (κ3) is 3.82. The number of likely N-dealkylation sites (tertiary alicyclic amines) is 1. The van der Waals surface area contributed by atoms with Gasteiger partial charge in [-0.3, -0.25) is 9.58 Å². The molecule has 1 fully saturated rings. The monoisotopic (exact) mass is 236 g/mol. The van der Waals surface area contributed by atoms with Crippen LogP contribution in [-0.2, 0) is 13.6 Å². The van der Waals surface area contributed by atoms with Gasteiger partial charge in [-0.15, -0.1) is 0 Å². The first-order valence-electron chi connectivity index (χ1n) is 6.69. The molecule has 0 amide bonds. The van der Waals surface area contributed by atoms with Gasteiger partial charge in [0.25, 0.3) is 0 Å². The Kier molecular flexibility index (Phi) is 4.57. The first-order valence-corrected chi connectivity index (χ1v) is 6.69. The molecule has 0 saturated carbocycles. The SMILES string of the molecule is CCCNCC1CCN(Cc2ccn(C)n2)C1. The summed E-state index contributed by atoms with van der Waals surface area (Å²) < 4.78 is 1.88. The van der Waals surface area contributed by atoms with E-state index in [2.05, 4.69) is 28.3 Å². The Morgan fingerprint density at radius 3 is 3.12 bits per heavy atom. The summed E-state index contributed by atoms with van der Waals surface area (Å²) in [6, 6.07) is 2.11. The number of nitrogens with one attached hydrogen (secondary N) is 1. The molecule has 1 aromatic heterocycles. The lowest BCUT2D eigenvalue weighted by Crippen LogP contribution is -2.26. The lowest BCUT2D eigenvalue weighted by Gasteiger charge is -2.14. The van der Waals surface area contributed by atoms with Gasteiger partial charge in [0.05, 0.1) is 5.69 Å². The van der Waals surface area contributed by atoms with Crippen LogP contribution in [0, 0.1) is 5.92 Å². The van der Waals surface area contributed by atoms with Crippen molar-refractivity contribution in [1.29, 1.82) is 0 Å². The van der Waals surface area contributed by atoms with Gasteiger partial charge in [0.1, 0.15) is 0 Å².